The lowest BCUT2D eigenvalue weighted by molar-refractivity contribution is 0.0460. The number of hydrogen-bond donors (Lipinski definition) is 1. The number of benzene rings is 2. The molecule has 136 valence electrons. The van der Waals surface area contributed by atoms with Gasteiger partial charge in [0.2, 0.25) is 0 Å². The number of aliphatic hydroxyl groups is 1. The SMILES string of the molecule is CCCn1ccnc1CN1CC[C@H](c2ccc3ccccc3c2)[C@@H](O)C1. The molecule has 0 saturated carbocycles. The van der Waals surface area contributed by atoms with Crippen molar-refractivity contribution < 1.29 is 5.11 Å². The van der Waals surface area contributed by atoms with E-state index in [2.05, 4.69) is 70.0 Å². The van der Waals surface area contributed by atoms with Crippen molar-refractivity contribution in [1.29, 1.82) is 0 Å². The van der Waals surface area contributed by atoms with Crippen LogP contribution < -0.4 is 0 Å². The highest BCUT2D eigenvalue weighted by Gasteiger charge is 2.29. The van der Waals surface area contributed by atoms with Crippen molar-refractivity contribution >= 4 is 10.8 Å². The summed E-state index contributed by atoms with van der Waals surface area (Å²) in [5.74, 6) is 1.31. The number of imidazole rings is 1. The zero-order chi connectivity index (χ0) is 17.9. The number of hydrogen-bond acceptors (Lipinski definition) is 3. The van der Waals surface area contributed by atoms with Crippen LogP contribution in [-0.2, 0) is 13.1 Å². The van der Waals surface area contributed by atoms with Crippen molar-refractivity contribution in [1.82, 2.24) is 14.5 Å². The van der Waals surface area contributed by atoms with Gasteiger partial charge in [0, 0.05) is 31.4 Å². The van der Waals surface area contributed by atoms with Gasteiger partial charge in [0.15, 0.2) is 0 Å². The van der Waals surface area contributed by atoms with Crippen molar-refractivity contribution in [3.8, 4) is 0 Å². The highest BCUT2D eigenvalue weighted by atomic mass is 16.3. The van der Waals surface area contributed by atoms with Gasteiger partial charge < -0.3 is 9.67 Å². The second-order valence-electron chi connectivity index (χ2n) is 7.34. The number of β-amino-alcohol motifs (C(OH)–C–C–N with tert-alkyl or cyclic N) is 1. The molecule has 1 aliphatic rings. The first-order valence-electron chi connectivity index (χ1n) is 9.63. The van der Waals surface area contributed by atoms with E-state index in [1.54, 1.807) is 0 Å². The summed E-state index contributed by atoms with van der Waals surface area (Å²) < 4.78 is 2.22. The van der Waals surface area contributed by atoms with Gasteiger partial charge in [0.25, 0.3) is 0 Å². The third kappa shape index (κ3) is 3.53. The summed E-state index contributed by atoms with van der Waals surface area (Å²) in [5, 5.41) is 13.3. The molecule has 2 atom stereocenters. The van der Waals surface area contributed by atoms with E-state index in [9.17, 15) is 5.11 Å². The highest BCUT2D eigenvalue weighted by molar-refractivity contribution is 5.83. The maximum absolute atomic E-state index is 10.8. The molecule has 3 aromatic rings. The van der Waals surface area contributed by atoms with Gasteiger partial charge in [-0.1, -0.05) is 49.4 Å². The number of piperidine rings is 1. The molecular formula is C22H27N3O. The monoisotopic (exact) mass is 349 g/mol. The summed E-state index contributed by atoms with van der Waals surface area (Å²) in [6, 6.07) is 15.0. The number of fused-ring (bicyclic) bond motifs is 1. The third-order valence-electron chi connectivity index (χ3n) is 5.50. The van der Waals surface area contributed by atoms with Gasteiger partial charge in [-0.15, -0.1) is 0 Å². The molecule has 0 radical (unpaired) electrons. The fourth-order valence-electron chi connectivity index (χ4n) is 4.10. The molecule has 4 heteroatoms. The number of likely N-dealkylation sites (tertiary alicyclic amines) is 1. The zero-order valence-corrected chi connectivity index (χ0v) is 15.4. The van der Waals surface area contributed by atoms with Crippen LogP contribution in [0.15, 0.2) is 54.9 Å². The Morgan fingerprint density at radius 3 is 2.81 bits per heavy atom. The van der Waals surface area contributed by atoms with Crippen molar-refractivity contribution in [3.05, 3.63) is 66.2 Å². The molecule has 0 spiro atoms. The lowest BCUT2D eigenvalue weighted by Crippen LogP contribution is -2.42. The average Bonchev–Trinajstić information content (AvgIpc) is 3.09. The fraction of sp³-hybridized carbons (Fsp3) is 0.409. The maximum atomic E-state index is 10.8. The van der Waals surface area contributed by atoms with Crippen LogP contribution in [0.3, 0.4) is 0 Å². The number of aromatic nitrogens is 2. The second kappa shape index (κ2) is 7.60. The van der Waals surface area contributed by atoms with Crippen LogP contribution in [0.5, 0.6) is 0 Å². The van der Waals surface area contributed by atoms with Crippen LogP contribution in [0.2, 0.25) is 0 Å². The third-order valence-corrected chi connectivity index (χ3v) is 5.50. The maximum Gasteiger partial charge on any atom is 0.122 e. The van der Waals surface area contributed by atoms with E-state index in [1.165, 1.54) is 16.3 Å². The van der Waals surface area contributed by atoms with E-state index < -0.39 is 0 Å². The van der Waals surface area contributed by atoms with Gasteiger partial charge in [0.05, 0.1) is 12.6 Å². The number of nitrogens with zero attached hydrogens (tertiary/aromatic N) is 3. The van der Waals surface area contributed by atoms with Crippen LogP contribution >= 0.6 is 0 Å². The van der Waals surface area contributed by atoms with Crippen molar-refractivity contribution in [3.63, 3.8) is 0 Å². The molecule has 0 amide bonds. The summed E-state index contributed by atoms with van der Waals surface area (Å²) >= 11 is 0. The Bertz CT molecular complexity index is 872. The normalized spacial score (nSPS) is 21.3. The molecule has 4 rings (SSSR count). The number of aliphatic hydroxyl groups excluding tert-OH is 1. The molecule has 1 aromatic heterocycles. The average molecular weight is 349 g/mol. The van der Waals surface area contributed by atoms with Crippen molar-refractivity contribution in [2.24, 2.45) is 0 Å². The predicted octanol–water partition coefficient (Wildman–Crippen LogP) is 3.80. The smallest absolute Gasteiger partial charge is 0.122 e. The molecule has 2 heterocycles. The molecule has 26 heavy (non-hydrogen) atoms. The molecule has 0 unspecified atom stereocenters. The Labute approximate surface area is 155 Å². The van der Waals surface area contributed by atoms with E-state index >= 15 is 0 Å². The minimum atomic E-state index is -0.334. The number of rotatable bonds is 5. The van der Waals surface area contributed by atoms with Gasteiger partial charge in [0.1, 0.15) is 5.82 Å². The Hall–Kier alpha value is -2.17. The quantitative estimate of drug-likeness (QED) is 0.762. The largest absolute Gasteiger partial charge is 0.391 e. The van der Waals surface area contributed by atoms with E-state index in [0.29, 0.717) is 6.54 Å². The summed E-state index contributed by atoms with van der Waals surface area (Å²) in [7, 11) is 0. The molecule has 0 aliphatic carbocycles. The molecule has 1 fully saturated rings. The van der Waals surface area contributed by atoms with Gasteiger partial charge in [-0.2, -0.15) is 0 Å². The highest BCUT2D eigenvalue weighted by Crippen LogP contribution is 2.31. The van der Waals surface area contributed by atoms with Gasteiger partial charge in [-0.3, -0.25) is 4.90 Å². The van der Waals surface area contributed by atoms with Crippen LogP contribution in [0.4, 0.5) is 0 Å². The van der Waals surface area contributed by atoms with Gasteiger partial charge in [-0.05, 0) is 35.7 Å². The molecule has 2 aromatic carbocycles. The zero-order valence-electron chi connectivity index (χ0n) is 15.4. The topological polar surface area (TPSA) is 41.3 Å². The van der Waals surface area contributed by atoms with Crippen molar-refractivity contribution in [2.45, 2.75) is 44.9 Å². The minimum Gasteiger partial charge on any atom is -0.391 e. The van der Waals surface area contributed by atoms with Crippen LogP contribution in [0.1, 0.15) is 37.1 Å². The summed E-state index contributed by atoms with van der Waals surface area (Å²) in [6.07, 6.45) is 5.68. The lowest BCUT2D eigenvalue weighted by Gasteiger charge is -2.36. The first-order chi connectivity index (χ1) is 12.7. The van der Waals surface area contributed by atoms with Gasteiger partial charge >= 0.3 is 0 Å². The van der Waals surface area contributed by atoms with E-state index in [4.69, 9.17) is 0 Å². The van der Waals surface area contributed by atoms with E-state index in [1.807, 2.05) is 6.20 Å². The Morgan fingerprint density at radius 1 is 1.15 bits per heavy atom. The molecule has 4 nitrogen and oxygen atoms in total. The van der Waals surface area contributed by atoms with Crippen LogP contribution in [-0.4, -0.2) is 38.8 Å². The summed E-state index contributed by atoms with van der Waals surface area (Å²) in [6.45, 7) is 5.70. The molecular weight excluding hydrogens is 322 g/mol. The predicted molar refractivity (Wildman–Crippen MR) is 105 cm³/mol. The molecule has 1 aliphatic heterocycles. The lowest BCUT2D eigenvalue weighted by atomic mass is 9.86. The Kier molecular flexibility index (Phi) is 5.05. The first kappa shape index (κ1) is 17.3. The summed E-state index contributed by atoms with van der Waals surface area (Å²) in [5.41, 5.74) is 1.25. The first-order valence-corrected chi connectivity index (χ1v) is 9.63. The number of aryl methyl sites for hydroxylation is 1. The van der Waals surface area contributed by atoms with Crippen LogP contribution in [0, 0.1) is 0 Å². The van der Waals surface area contributed by atoms with Gasteiger partial charge in [-0.25, -0.2) is 4.98 Å². The Morgan fingerprint density at radius 2 is 2.00 bits per heavy atom. The van der Waals surface area contributed by atoms with E-state index in [0.717, 1.165) is 38.3 Å². The molecule has 0 bridgehead atoms. The van der Waals surface area contributed by atoms with Crippen LogP contribution in [0.25, 0.3) is 10.8 Å². The van der Waals surface area contributed by atoms with E-state index in [-0.39, 0.29) is 12.0 Å². The van der Waals surface area contributed by atoms with Crippen molar-refractivity contribution in [2.75, 3.05) is 13.1 Å². The second-order valence-corrected chi connectivity index (χ2v) is 7.34. The Balaban J connectivity index is 1.45. The standard InChI is InChI=1S/C22H27N3O/c1-2-11-25-13-10-23-22(25)16-24-12-9-20(21(26)15-24)19-8-7-17-5-3-4-6-18(17)14-19/h3-8,10,13-14,20-21,26H,2,9,11-12,15-16H2,1H3/t20-,21+/m1/s1. The summed E-state index contributed by atoms with van der Waals surface area (Å²) in [4.78, 5) is 6.84. The molecule has 1 N–H and O–H groups in total. The fourth-order valence-corrected chi connectivity index (χ4v) is 4.10. The molecule has 1 saturated heterocycles. The minimum absolute atomic E-state index is 0.214.